The molecular weight excluding hydrogens is 265 g/mol. The van der Waals surface area contributed by atoms with Gasteiger partial charge in [-0.1, -0.05) is 0 Å². The van der Waals surface area contributed by atoms with E-state index in [9.17, 15) is 19.3 Å². The lowest BCUT2D eigenvalue weighted by atomic mass is 10.1. The molecular formula is C13H18FN3O3. The van der Waals surface area contributed by atoms with Gasteiger partial charge in [-0.05, 0) is 26.8 Å². The number of nitrogens with zero attached hydrogens (tertiary/aromatic N) is 1. The summed E-state index contributed by atoms with van der Waals surface area (Å²) in [6, 6.07) is 3.01. The maximum Gasteiger partial charge on any atom is 0.271 e. The second-order valence-corrected chi connectivity index (χ2v) is 5.40. The predicted octanol–water partition coefficient (Wildman–Crippen LogP) is 2.45. The predicted molar refractivity (Wildman–Crippen MR) is 74.1 cm³/mol. The average molecular weight is 283 g/mol. The maximum atomic E-state index is 13.5. The van der Waals surface area contributed by atoms with Crippen LogP contribution in [0.1, 0.15) is 27.2 Å². The third kappa shape index (κ3) is 5.31. The molecule has 0 bridgehead atoms. The van der Waals surface area contributed by atoms with E-state index in [1.807, 2.05) is 20.8 Å². The molecule has 0 spiro atoms. The van der Waals surface area contributed by atoms with Gasteiger partial charge in [0.15, 0.2) is 0 Å². The summed E-state index contributed by atoms with van der Waals surface area (Å²) in [5.41, 5.74) is -0.564. The zero-order valence-corrected chi connectivity index (χ0v) is 11.7. The summed E-state index contributed by atoms with van der Waals surface area (Å²) in [6.45, 7) is 6.33. The Bertz CT molecular complexity index is 512. The molecule has 1 rings (SSSR count). The molecule has 1 aromatic rings. The number of benzene rings is 1. The molecule has 110 valence electrons. The van der Waals surface area contributed by atoms with Crippen LogP contribution in [0.5, 0.6) is 0 Å². The van der Waals surface area contributed by atoms with Gasteiger partial charge < -0.3 is 10.6 Å². The summed E-state index contributed by atoms with van der Waals surface area (Å²) in [6.07, 6.45) is 0.152. The lowest BCUT2D eigenvalue weighted by Crippen LogP contribution is -2.37. The number of halogens is 1. The Balaban J connectivity index is 2.62. The fourth-order valence-corrected chi connectivity index (χ4v) is 1.49. The molecule has 0 fully saturated rings. The molecule has 0 heterocycles. The Hall–Kier alpha value is -2.02. The standard InChI is InChI=1S/C13H18FN3O3/c1-13(2,3)15-7-6-12(18)16-11-8-9(17(19)20)4-5-10(11)14/h4-5,8,15H,6-7H2,1-3H3,(H,16,18). The lowest BCUT2D eigenvalue weighted by molar-refractivity contribution is -0.384. The second kappa shape index (κ2) is 6.42. The quantitative estimate of drug-likeness (QED) is 0.642. The van der Waals surface area contributed by atoms with Crippen molar-refractivity contribution in [1.82, 2.24) is 5.32 Å². The van der Waals surface area contributed by atoms with Crippen molar-refractivity contribution in [3.8, 4) is 0 Å². The summed E-state index contributed by atoms with van der Waals surface area (Å²) >= 11 is 0. The molecule has 0 radical (unpaired) electrons. The zero-order chi connectivity index (χ0) is 15.3. The van der Waals surface area contributed by atoms with Gasteiger partial charge >= 0.3 is 0 Å². The van der Waals surface area contributed by atoms with Gasteiger partial charge in [0.05, 0.1) is 10.6 Å². The highest BCUT2D eigenvalue weighted by molar-refractivity contribution is 5.91. The van der Waals surface area contributed by atoms with E-state index in [2.05, 4.69) is 10.6 Å². The van der Waals surface area contributed by atoms with Gasteiger partial charge in [-0.2, -0.15) is 0 Å². The van der Waals surface area contributed by atoms with Gasteiger partial charge in [0.1, 0.15) is 5.82 Å². The van der Waals surface area contributed by atoms with E-state index >= 15 is 0 Å². The van der Waals surface area contributed by atoms with E-state index in [0.717, 1.165) is 18.2 Å². The first-order valence-corrected chi connectivity index (χ1v) is 6.18. The van der Waals surface area contributed by atoms with Crippen LogP contribution in [0.3, 0.4) is 0 Å². The molecule has 0 aliphatic heterocycles. The molecule has 0 aromatic heterocycles. The van der Waals surface area contributed by atoms with Crippen molar-refractivity contribution >= 4 is 17.3 Å². The second-order valence-electron chi connectivity index (χ2n) is 5.40. The van der Waals surface area contributed by atoms with Crippen LogP contribution in [-0.4, -0.2) is 22.9 Å². The normalized spacial score (nSPS) is 11.2. The van der Waals surface area contributed by atoms with Crippen molar-refractivity contribution < 1.29 is 14.1 Å². The highest BCUT2D eigenvalue weighted by Crippen LogP contribution is 2.21. The number of nitro benzene ring substituents is 1. The smallest absolute Gasteiger partial charge is 0.271 e. The van der Waals surface area contributed by atoms with Gasteiger partial charge in [-0.15, -0.1) is 0 Å². The van der Waals surface area contributed by atoms with Crippen LogP contribution in [0, 0.1) is 15.9 Å². The van der Waals surface area contributed by atoms with Crippen LogP contribution in [0.2, 0.25) is 0 Å². The summed E-state index contributed by atoms with van der Waals surface area (Å²) < 4.78 is 13.5. The van der Waals surface area contributed by atoms with Crippen LogP contribution < -0.4 is 10.6 Å². The Morgan fingerprint density at radius 3 is 2.60 bits per heavy atom. The monoisotopic (exact) mass is 283 g/mol. The molecule has 2 N–H and O–H groups in total. The molecule has 0 saturated carbocycles. The zero-order valence-electron chi connectivity index (χ0n) is 11.7. The molecule has 0 unspecified atom stereocenters. The number of carbonyl (C=O) groups is 1. The fourth-order valence-electron chi connectivity index (χ4n) is 1.49. The van der Waals surface area contributed by atoms with Crippen molar-refractivity contribution in [3.63, 3.8) is 0 Å². The van der Waals surface area contributed by atoms with Gasteiger partial charge in [0.2, 0.25) is 5.91 Å². The molecule has 0 atom stereocenters. The first-order chi connectivity index (χ1) is 9.19. The highest BCUT2D eigenvalue weighted by atomic mass is 19.1. The Morgan fingerprint density at radius 1 is 1.40 bits per heavy atom. The lowest BCUT2D eigenvalue weighted by Gasteiger charge is -2.20. The van der Waals surface area contributed by atoms with Crippen LogP contribution in [0.25, 0.3) is 0 Å². The number of nitrogens with one attached hydrogen (secondary N) is 2. The van der Waals surface area contributed by atoms with Crippen molar-refractivity contribution in [3.05, 3.63) is 34.1 Å². The van der Waals surface area contributed by atoms with E-state index in [4.69, 9.17) is 0 Å². The average Bonchev–Trinajstić information content (AvgIpc) is 2.30. The van der Waals surface area contributed by atoms with E-state index in [-0.39, 0.29) is 23.3 Å². The Morgan fingerprint density at radius 2 is 2.05 bits per heavy atom. The van der Waals surface area contributed by atoms with Gasteiger partial charge in [-0.25, -0.2) is 4.39 Å². The van der Waals surface area contributed by atoms with Crippen molar-refractivity contribution in [2.45, 2.75) is 32.7 Å². The third-order valence-electron chi connectivity index (χ3n) is 2.44. The van der Waals surface area contributed by atoms with Crippen LogP contribution >= 0.6 is 0 Å². The SMILES string of the molecule is CC(C)(C)NCCC(=O)Nc1cc([N+](=O)[O-])ccc1F. The number of anilines is 1. The molecule has 1 aromatic carbocycles. The summed E-state index contributed by atoms with van der Waals surface area (Å²) in [5, 5.41) is 16.0. The Kier molecular flexibility index (Phi) is 5.15. The number of hydrogen-bond donors (Lipinski definition) is 2. The molecule has 0 saturated heterocycles. The van der Waals surface area contributed by atoms with Crippen molar-refractivity contribution in [2.24, 2.45) is 0 Å². The minimum atomic E-state index is -0.701. The summed E-state index contributed by atoms with van der Waals surface area (Å²) in [5.74, 6) is -1.10. The molecule has 0 aliphatic rings. The number of rotatable bonds is 5. The first kappa shape index (κ1) is 16.0. The van der Waals surface area contributed by atoms with Crippen LogP contribution in [0.4, 0.5) is 15.8 Å². The fraction of sp³-hybridized carbons (Fsp3) is 0.462. The summed E-state index contributed by atoms with van der Waals surface area (Å²) in [4.78, 5) is 21.6. The number of nitro groups is 1. The van der Waals surface area contributed by atoms with E-state index in [1.54, 1.807) is 0 Å². The number of carbonyl (C=O) groups excluding carboxylic acids is 1. The number of amides is 1. The topological polar surface area (TPSA) is 84.3 Å². The van der Waals surface area contributed by atoms with Crippen molar-refractivity contribution in [2.75, 3.05) is 11.9 Å². The maximum absolute atomic E-state index is 13.5. The minimum absolute atomic E-state index is 0.114. The molecule has 6 nitrogen and oxygen atoms in total. The van der Waals surface area contributed by atoms with Gasteiger partial charge in [0.25, 0.3) is 5.69 Å². The van der Waals surface area contributed by atoms with Crippen LogP contribution in [0.15, 0.2) is 18.2 Å². The number of non-ortho nitro benzene ring substituents is 1. The van der Waals surface area contributed by atoms with Gasteiger partial charge in [0, 0.05) is 30.6 Å². The Labute approximate surface area is 116 Å². The number of hydrogen-bond acceptors (Lipinski definition) is 4. The molecule has 20 heavy (non-hydrogen) atoms. The first-order valence-electron chi connectivity index (χ1n) is 6.18. The van der Waals surface area contributed by atoms with Crippen LogP contribution in [-0.2, 0) is 4.79 Å². The van der Waals surface area contributed by atoms with E-state index in [1.165, 1.54) is 0 Å². The van der Waals surface area contributed by atoms with Crippen molar-refractivity contribution in [1.29, 1.82) is 0 Å². The molecule has 0 aliphatic carbocycles. The summed E-state index contributed by atoms with van der Waals surface area (Å²) in [7, 11) is 0. The van der Waals surface area contributed by atoms with E-state index < -0.39 is 16.6 Å². The molecule has 7 heteroatoms. The van der Waals surface area contributed by atoms with Gasteiger partial charge in [-0.3, -0.25) is 14.9 Å². The highest BCUT2D eigenvalue weighted by Gasteiger charge is 2.14. The molecule has 1 amide bonds. The largest absolute Gasteiger partial charge is 0.323 e. The third-order valence-corrected chi connectivity index (χ3v) is 2.44. The van der Waals surface area contributed by atoms with E-state index in [0.29, 0.717) is 6.54 Å². The minimum Gasteiger partial charge on any atom is -0.323 e.